The summed E-state index contributed by atoms with van der Waals surface area (Å²) < 4.78 is 13.0. The Labute approximate surface area is 102 Å². The largest absolute Gasteiger partial charge is 0.375 e. The third-order valence-electron chi connectivity index (χ3n) is 2.25. The van der Waals surface area contributed by atoms with Crippen LogP contribution in [0.1, 0.15) is 5.56 Å². The van der Waals surface area contributed by atoms with Gasteiger partial charge >= 0.3 is 0 Å². The number of benzene rings is 1. The van der Waals surface area contributed by atoms with Crippen molar-refractivity contribution in [2.24, 2.45) is 0 Å². The van der Waals surface area contributed by atoms with E-state index in [0.717, 1.165) is 23.8 Å². The van der Waals surface area contributed by atoms with E-state index >= 15 is 0 Å². The second kappa shape index (κ2) is 5.17. The summed E-state index contributed by atoms with van der Waals surface area (Å²) in [6.07, 6.45) is 4.53. The van der Waals surface area contributed by atoms with Gasteiger partial charge < -0.3 is 5.32 Å². The number of nitrogens with zero attached hydrogens (tertiary/aromatic N) is 3. The van der Waals surface area contributed by atoms with E-state index in [-0.39, 0.29) is 17.9 Å². The van der Waals surface area contributed by atoms with E-state index in [1.807, 2.05) is 0 Å². The van der Waals surface area contributed by atoms with Crippen molar-refractivity contribution < 1.29 is 9.31 Å². The van der Waals surface area contributed by atoms with E-state index < -0.39 is 10.7 Å². The standard InChI is InChI=1S/C11H9FN4O2/c12-9-1-2-11(16(17)18)10(3-9)15-6-8-4-13-7-14-5-8/h1-5,7,15H,6H2. The first-order valence-corrected chi connectivity index (χ1v) is 5.08. The molecule has 6 nitrogen and oxygen atoms in total. The molecule has 0 aliphatic carbocycles. The number of aromatic nitrogens is 2. The van der Waals surface area contributed by atoms with Gasteiger partial charge in [0, 0.05) is 36.6 Å². The van der Waals surface area contributed by atoms with Gasteiger partial charge in [-0.1, -0.05) is 0 Å². The lowest BCUT2D eigenvalue weighted by Crippen LogP contribution is -2.03. The minimum absolute atomic E-state index is 0.129. The summed E-state index contributed by atoms with van der Waals surface area (Å²) in [5, 5.41) is 13.6. The Hall–Kier alpha value is -2.57. The zero-order valence-electron chi connectivity index (χ0n) is 9.21. The van der Waals surface area contributed by atoms with E-state index in [2.05, 4.69) is 15.3 Å². The maximum absolute atomic E-state index is 13.0. The van der Waals surface area contributed by atoms with Crippen LogP contribution in [0.5, 0.6) is 0 Å². The first-order valence-electron chi connectivity index (χ1n) is 5.08. The minimum Gasteiger partial charge on any atom is -0.375 e. The lowest BCUT2D eigenvalue weighted by atomic mass is 10.2. The van der Waals surface area contributed by atoms with Crippen molar-refractivity contribution in [2.45, 2.75) is 6.54 Å². The number of hydrogen-bond donors (Lipinski definition) is 1. The molecule has 0 unspecified atom stereocenters. The molecule has 1 heterocycles. The average molecular weight is 248 g/mol. The number of nitrogens with one attached hydrogen (secondary N) is 1. The quantitative estimate of drug-likeness (QED) is 0.662. The van der Waals surface area contributed by atoms with Crippen molar-refractivity contribution in [3.8, 4) is 0 Å². The number of nitro benzene ring substituents is 1. The van der Waals surface area contributed by atoms with Gasteiger partial charge in [0.25, 0.3) is 5.69 Å². The second-order valence-corrected chi connectivity index (χ2v) is 3.52. The molecular formula is C11H9FN4O2. The van der Waals surface area contributed by atoms with Crippen LogP contribution < -0.4 is 5.32 Å². The zero-order chi connectivity index (χ0) is 13.0. The molecule has 18 heavy (non-hydrogen) atoms. The molecule has 0 spiro atoms. The molecule has 1 N–H and O–H groups in total. The van der Waals surface area contributed by atoms with Gasteiger partial charge in [0.2, 0.25) is 0 Å². The Morgan fingerprint density at radius 2 is 2.06 bits per heavy atom. The summed E-state index contributed by atoms with van der Waals surface area (Å²) in [5.41, 5.74) is 0.702. The maximum Gasteiger partial charge on any atom is 0.292 e. The predicted molar refractivity (Wildman–Crippen MR) is 62.4 cm³/mol. The Kier molecular flexibility index (Phi) is 3.42. The van der Waals surface area contributed by atoms with Crippen molar-refractivity contribution in [2.75, 3.05) is 5.32 Å². The van der Waals surface area contributed by atoms with E-state index in [0.29, 0.717) is 0 Å². The van der Waals surface area contributed by atoms with E-state index in [4.69, 9.17) is 0 Å². The number of hydrogen-bond acceptors (Lipinski definition) is 5. The lowest BCUT2D eigenvalue weighted by molar-refractivity contribution is -0.384. The van der Waals surface area contributed by atoms with E-state index in [9.17, 15) is 14.5 Å². The topological polar surface area (TPSA) is 81.0 Å². The van der Waals surface area contributed by atoms with Crippen LogP contribution in [0.3, 0.4) is 0 Å². The Balaban J connectivity index is 2.18. The summed E-state index contributed by atoms with van der Waals surface area (Å²) in [7, 11) is 0. The maximum atomic E-state index is 13.0. The molecule has 0 saturated heterocycles. The highest BCUT2D eigenvalue weighted by atomic mass is 19.1. The molecule has 0 radical (unpaired) electrons. The van der Waals surface area contributed by atoms with Gasteiger partial charge in [-0.3, -0.25) is 10.1 Å². The fraction of sp³-hybridized carbons (Fsp3) is 0.0909. The summed E-state index contributed by atoms with van der Waals surface area (Å²) in [4.78, 5) is 17.8. The molecule has 0 atom stereocenters. The van der Waals surface area contributed by atoms with Gasteiger partial charge in [0.05, 0.1) is 4.92 Å². The number of rotatable bonds is 4. The summed E-state index contributed by atoms with van der Waals surface area (Å²) >= 11 is 0. The second-order valence-electron chi connectivity index (χ2n) is 3.52. The Morgan fingerprint density at radius 3 is 2.72 bits per heavy atom. The van der Waals surface area contributed by atoms with Crippen molar-refractivity contribution in [1.82, 2.24) is 9.97 Å². The third-order valence-corrected chi connectivity index (χ3v) is 2.25. The van der Waals surface area contributed by atoms with Gasteiger partial charge in [-0.15, -0.1) is 0 Å². The van der Waals surface area contributed by atoms with Gasteiger partial charge in [0.15, 0.2) is 0 Å². The molecule has 0 saturated carbocycles. The molecule has 7 heteroatoms. The SMILES string of the molecule is O=[N+]([O-])c1ccc(F)cc1NCc1cncnc1. The monoisotopic (exact) mass is 248 g/mol. The molecule has 1 aromatic carbocycles. The van der Waals surface area contributed by atoms with Crippen LogP contribution in [0.4, 0.5) is 15.8 Å². The van der Waals surface area contributed by atoms with Crippen LogP contribution in [-0.2, 0) is 6.54 Å². The first kappa shape index (κ1) is 11.9. The van der Waals surface area contributed by atoms with Crippen molar-refractivity contribution in [3.05, 3.63) is 58.4 Å². The number of anilines is 1. The molecule has 1 aromatic heterocycles. The highest BCUT2D eigenvalue weighted by Crippen LogP contribution is 2.25. The molecule has 0 aliphatic rings. The van der Waals surface area contributed by atoms with Gasteiger partial charge in [-0.05, 0) is 6.07 Å². The highest BCUT2D eigenvalue weighted by molar-refractivity contribution is 5.61. The van der Waals surface area contributed by atoms with E-state index in [1.54, 1.807) is 12.4 Å². The first-order chi connectivity index (χ1) is 8.66. The number of nitro groups is 1. The van der Waals surface area contributed by atoms with Crippen LogP contribution in [0, 0.1) is 15.9 Å². The fourth-order valence-electron chi connectivity index (χ4n) is 1.43. The molecular weight excluding hydrogens is 239 g/mol. The average Bonchev–Trinajstić information content (AvgIpc) is 2.37. The minimum atomic E-state index is -0.566. The van der Waals surface area contributed by atoms with Crippen molar-refractivity contribution >= 4 is 11.4 Å². The van der Waals surface area contributed by atoms with Gasteiger partial charge in [-0.25, -0.2) is 14.4 Å². The zero-order valence-corrected chi connectivity index (χ0v) is 9.21. The van der Waals surface area contributed by atoms with Crippen LogP contribution >= 0.6 is 0 Å². The van der Waals surface area contributed by atoms with Crippen LogP contribution in [0.25, 0.3) is 0 Å². The fourth-order valence-corrected chi connectivity index (χ4v) is 1.43. The normalized spacial score (nSPS) is 10.1. The van der Waals surface area contributed by atoms with Crippen molar-refractivity contribution in [3.63, 3.8) is 0 Å². The lowest BCUT2D eigenvalue weighted by Gasteiger charge is -2.06. The summed E-state index contributed by atoms with van der Waals surface area (Å²) in [6.45, 7) is 0.283. The van der Waals surface area contributed by atoms with Crippen LogP contribution in [0.2, 0.25) is 0 Å². The molecule has 0 amide bonds. The predicted octanol–water partition coefficient (Wildman–Crippen LogP) is 2.14. The number of halogens is 1. The Morgan fingerprint density at radius 1 is 1.33 bits per heavy atom. The van der Waals surface area contributed by atoms with Gasteiger partial charge in [0.1, 0.15) is 17.8 Å². The molecule has 92 valence electrons. The molecule has 2 aromatic rings. The van der Waals surface area contributed by atoms with Crippen LogP contribution in [-0.4, -0.2) is 14.9 Å². The van der Waals surface area contributed by atoms with Crippen LogP contribution in [0.15, 0.2) is 36.9 Å². The van der Waals surface area contributed by atoms with Gasteiger partial charge in [-0.2, -0.15) is 0 Å². The van der Waals surface area contributed by atoms with E-state index in [1.165, 1.54) is 6.33 Å². The highest BCUT2D eigenvalue weighted by Gasteiger charge is 2.13. The summed E-state index contributed by atoms with van der Waals surface area (Å²) in [6, 6.07) is 3.26. The smallest absolute Gasteiger partial charge is 0.292 e. The molecule has 0 aliphatic heterocycles. The molecule has 0 bridgehead atoms. The van der Waals surface area contributed by atoms with Crippen molar-refractivity contribution in [1.29, 1.82) is 0 Å². The molecule has 0 fully saturated rings. The Bertz CT molecular complexity index is 562. The summed E-state index contributed by atoms with van der Waals surface area (Å²) in [5.74, 6) is -0.535. The third kappa shape index (κ3) is 2.76. The molecule has 2 rings (SSSR count).